The van der Waals surface area contributed by atoms with Crippen LogP contribution in [0.5, 0.6) is 0 Å². The summed E-state index contributed by atoms with van der Waals surface area (Å²) in [6.45, 7) is 1.49. The Morgan fingerprint density at radius 3 is 2.65 bits per heavy atom. The molecule has 26 heavy (non-hydrogen) atoms. The number of ether oxygens (including phenoxy) is 2. The molecule has 0 atom stereocenters. The molecule has 2 aromatic rings. The number of hydrogen-bond donors (Lipinski definition) is 1. The van der Waals surface area contributed by atoms with Gasteiger partial charge in [-0.1, -0.05) is 0 Å². The van der Waals surface area contributed by atoms with Crippen molar-refractivity contribution in [2.45, 2.75) is 13.5 Å². The maximum Gasteiger partial charge on any atom is 0.348 e. The predicted molar refractivity (Wildman–Crippen MR) is 94.5 cm³/mol. The van der Waals surface area contributed by atoms with Gasteiger partial charge in [-0.05, 0) is 13.0 Å². The van der Waals surface area contributed by atoms with Crippen LogP contribution in [-0.4, -0.2) is 42.1 Å². The summed E-state index contributed by atoms with van der Waals surface area (Å²) in [5.41, 5.74) is 6.14. The average molecular weight is 375 g/mol. The second-order valence-corrected chi connectivity index (χ2v) is 6.10. The predicted octanol–water partition coefficient (Wildman–Crippen LogP) is 1.35. The van der Waals surface area contributed by atoms with E-state index in [1.807, 2.05) is 6.07 Å². The molecular weight excluding hydrogens is 358 g/mol. The highest BCUT2D eigenvalue weighted by molar-refractivity contribution is 7.18. The average Bonchev–Trinajstić information content (AvgIpc) is 2.96. The van der Waals surface area contributed by atoms with E-state index in [0.29, 0.717) is 5.95 Å². The lowest BCUT2D eigenvalue weighted by molar-refractivity contribution is -0.143. The summed E-state index contributed by atoms with van der Waals surface area (Å²) in [5, 5.41) is 9.42. The van der Waals surface area contributed by atoms with Crippen molar-refractivity contribution >= 4 is 34.2 Å². The number of nitrogen functional groups attached to an aromatic ring is 1. The largest absolute Gasteiger partial charge is 0.462 e. The van der Waals surface area contributed by atoms with Gasteiger partial charge in [0.05, 0.1) is 12.2 Å². The van der Waals surface area contributed by atoms with Gasteiger partial charge in [-0.15, -0.1) is 11.3 Å². The van der Waals surface area contributed by atoms with Crippen LogP contribution in [-0.2, 0) is 20.9 Å². The summed E-state index contributed by atoms with van der Waals surface area (Å²) >= 11 is 0.935. The number of nitrogens with two attached hydrogens (primary N) is 1. The van der Waals surface area contributed by atoms with Crippen LogP contribution in [0.4, 0.5) is 10.9 Å². The number of nitriles is 1. The van der Waals surface area contributed by atoms with Gasteiger partial charge in [-0.25, -0.2) is 14.8 Å². The van der Waals surface area contributed by atoms with E-state index in [9.17, 15) is 14.9 Å². The number of carbonyl (C=O) groups excluding carboxylic acids is 2. The SMILES string of the molecule is CCOC(=O)c1sc(N)c(C#N)c1COC(=O)CN(C)c1ncccn1. The molecule has 2 rings (SSSR count). The molecule has 0 aliphatic heterocycles. The van der Waals surface area contributed by atoms with Crippen molar-refractivity contribution in [2.75, 3.05) is 30.8 Å². The number of hydrogen-bond acceptors (Lipinski definition) is 10. The quantitative estimate of drug-likeness (QED) is 0.712. The maximum atomic E-state index is 12.1. The second-order valence-electron chi connectivity index (χ2n) is 5.05. The molecule has 0 fully saturated rings. The van der Waals surface area contributed by atoms with Crippen LogP contribution in [0.1, 0.15) is 27.7 Å². The zero-order chi connectivity index (χ0) is 19.1. The first-order valence-corrected chi connectivity index (χ1v) is 8.41. The highest BCUT2D eigenvalue weighted by Crippen LogP contribution is 2.31. The van der Waals surface area contributed by atoms with E-state index in [1.54, 1.807) is 32.4 Å². The van der Waals surface area contributed by atoms with Gasteiger partial charge in [-0.3, -0.25) is 4.79 Å². The molecule has 0 unspecified atom stereocenters. The first-order valence-electron chi connectivity index (χ1n) is 7.60. The van der Waals surface area contributed by atoms with E-state index in [4.69, 9.17) is 15.2 Å². The van der Waals surface area contributed by atoms with Crippen molar-refractivity contribution in [1.29, 1.82) is 5.26 Å². The Kier molecular flexibility index (Phi) is 6.46. The molecule has 0 saturated heterocycles. The van der Waals surface area contributed by atoms with E-state index in [-0.39, 0.29) is 40.8 Å². The molecule has 2 aromatic heterocycles. The zero-order valence-corrected chi connectivity index (χ0v) is 15.1. The molecule has 0 amide bonds. The van der Waals surface area contributed by atoms with Crippen molar-refractivity contribution in [2.24, 2.45) is 0 Å². The monoisotopic (exact) mass is 375 g/mol. The summed E-state index contributed by atoms with van der Waals surface area (Å²) in [7, 11) is 1.64. The second kappa shape index (κ2) is 8.77. The maximum absolute atomic E-state index is 12.1. The third-order valence-corrected chi connectivity index (χ3v) is 4.29. The first kappa shape index (κ1) is 19.1. The van der Waals surface area contributed by atoms with E-state index in [0.717, 1.165) is 11.3 Å². The van der Waals surface area contributed by atoms with Gasteiger partial charge in [0.25, 0.3) is 0 Å². The van der Waals surface area contributed by atoms with Gasteiger partial charge in [0, 0.05) is 25.0 Å². The number of thiophene rings is 1. The van der Waals surface area contributed by atoms with Crippen LogP contribution in [0.25, 0.3) is 0 Å². The number of carbonyl (C=O) groups is 2. The Morgan fingerprint density at radius 2 is 2.04 bits per heavy atom. The molecule has 0 saturated carbocycles. The summed E-state index contributed by atoms with van der Waals surface area (Å²) < 4.78 is 10.2. The lowest BCUT2D eigenvalue weighted by Crippen LogP contribution is -2.28. The van der Waals surface area contributed by atoms with Crippen molar-refractivity contribution in [3.63, 3.8) is 0 Å². The number of aromatic nitrogens is 2. The van der Waals surface area contributed by atoms with Gasteiger partial charge in [0.2, 0.25) is 5.95 Å². The van der Waals surface area contributed by atoms with E-state index < -0.39 is 11.9 Å². The van der Waals surface area contributed by atoms with Gasteiger partial charge in [0.15, 0.2) is 0 Å². The van der Waals surface area contributed by atoms with Crippen LogP contribution in [0.15, 0.2) is 18.5 Å². The molecule has 0 radical (unpaired) electrons. The smallest absolute Gasteiger partial charge is 0.348 e. The third-order valence-electron chi connectivity index (χ3n) is 3.24. The summed E-state index contributed by atoms with van der Waals surface area (Å²) in [6, 6.07) is 3.59. The van der Waals surface area contributed by atoms with Crippen LogP contribution in [0, 0.1) is 11.3 Å². The van der Waals surface area contributed by atoms with Gasteiger partial charge < -0.3 is 20.1 Å². The Bertz CT molecular complexity index is 831. The number of esters is 2. The highest BCUT2D eigenvalue weighted by atomic mass is 32.1. The number of nitrogens with zero attached hydrogens (tertiary/aromatic N) is 4. The van der Waals surface area contributed by atoms with Crippen molar-refractivity contribution < 1.29 is 19.1 Å². The normalized spacial score (nSPS) is 10.0. The van der Waals surface area contributed by atoms with Gasteiger partial charge in [0.1, 0.15) is 29.1 Å². The number of rotatable bonds is 7. The minimum absolute atomic E-state index is 0.0970. The molecule has 0 spiro atoms. The van der Waals surface area contributed by atoms with E-state index in [1.165, 1.54) is 4.90 Å². The fourth-order valence-corrected chi connectivity index (χ4v) is 2.97. The Labute approximate surface area is 154 Å². The summed E-state index contributed by atoms with van der Waals surface area (Å²) in [4.78, 5) is 33.8. The zero-order valence-electron chi connectivity index (χ0n) is 14.3. The lowest BCUT2D eigenvalue weighted by Gasteiger charge is -2.15. The van der Waals surface area contributed by atoms with Gasteiger partial charge >= 0.3 is 11.9 Å². The van der Waals surface area contributed by atoms with Crippen molar-refractivity contribution in [3.05, 3.63) is 34.5 Å². The van der Waals surface area contributed by atoms with E-state index >= 15 is 0 Å². The van der Waals surface area contributed by atoms with Crippen LogP contribution >= 0.6 is 11.3 Å². The lowest BCUT2D eigenvalue weighted by atomic mass is 10.1. The highest BCUT2D eigenvalue weighted by Gasteiger charge is 2.24. The fourth-order valence-electron chi connectivity index (χ4n) is 2.06. The molecule has 9 nitrogen and oxygen atoms in total. The molecule has 0 aromatic carbocycles. The van der Waals surface area contributed by atoms with E-state index in [2.05, 4.69) is 9.97 Å². The Hall–Kier alpha value is -3.19. The minimum atomic E-state index is -0.605. The topological polar surface area (TPSA) is 131 Å². The molecule has 2 heterocycles. The minimum Gasteiger partial charge on any atom is -0.462 e. The molecule has 0 bridgehead atoms. The summed E-state index contributed by atoms with van der Waals surface area (Å²) in [6.07, 6.45) is 3.12. The first-order chi connectivity index (χ1) is 12.5. The van der Waals surface area contributed by atoms with Crippen LogP contribution in [0.2, 0.25) is 0 Å². The van der Waals surface area contributed by atoms with Crippen molar-refractivity contribution in [1.82, 2.24) is 9.97 Å². The van der Waals surface area contributed by atoms with Gasteiger partial charge in [-0.2, -0.15) is 5.26 Å². The van der Waals surface area contributed by atoms with Crippen molar-refractivity contribution in [3.8, 4) is 6.07 Å². The fraction of sp³-hybridized carbons (Fsp3) is 0.312. The third kappa shape index (κ3) is 4.46. The molecule has 0 aliphatic rings. The number of anilines is 2. The van der Waals surface area contributed by atoms with Crippen LogP contribution in [0.3, 0.4) is 0 Å². The standard InChI is InChI=1S/C16H17N5O4S/c1-3-24-15(23)13-11(10(7-17)14(18)26-13)9-25-12(22)8-21(2)16-19-5-4-6-20-16/h4-6H,3,8-9,18H2,1-2H3. The molecule has 0 aliphatic carbocycles. The Morgan fingerprint density at radius 1 is 1.35 bits per heavy atom. The molecule has 10 heteroatoms. The van der Waals surface area contributed by atoms with Crippen LogP contribution < -0.4 is 10.6 Å². The Balaban J connectivity index is 2.07. The molecule has 136 valence electrons. The molecule has 2 N–H and O–H groups in total. The number of likely N-dealkylation sites (N-methyl/N-ethyl adjacent to an activating group) is 1. The molecular formula is C16H17N5O4S. The summed E-state index contributed by atoms with van der Waals surface area (Å²) in [5.74, 6) is -0.802.